The van der Waals surface area contributed by atoms with E-state index in [2.05, 4.69) is 50.5 Å². The Labute approximate surface area is 214 Å². The van der Waals surface area contributed by atoms with Gasteiger partial charge in [-0.1, -0.05) is 60.2 Å². The highest BCUT2D eigenvalue weighted by atomic mass is 127. The van der Waals surface area contributed by atoms with Crippen LogP contribution in [0.4, 0.5) is 4.79 Å². The molecule has 1 aliphatic heterocycles. The molecule has 0 atom stereocenters. The van der Waals surface area contributed by atoms with Gasteiger partial charge < -0.3 is 10.1 Å². The number of amides is 3. The average Bonchev–Trinajstić information content (AvgIpc) is 3.02. The normalized spacial score (nSPS) is 14.7. The predicted molar refractivity (Wildman–Crippen MR) is 141 cm³/mol. The van der Waals surface area contributed by atoms with E-state index < -0.39 is 6.03 Å². The predicted octanol–water partition coefficient (Wildman–Crippen LogP) is 5.88. The van der Waals surface area contributed by atoms with Crippen molar-refractivity contribution in [1.82, 2.24) is 10.2 Å². The number of halogens is 2. The van der Waals surface area contributed by atoms with Crippen molar-refractivity contribution >= 4 is 63.2 Å². The van der Waals surface area contributed by atoms with Gasteiger partial charge in [-0.3, -0.25) is 9.69 Å². The van der Waals surface area contributed by atoms with Crippen molar-refractivity contribution in [1.29, 1.82) is 0 Å². The van der Waals surface area contributed by atoms with E-state index >= 15 is 0 Å². The van der Waals surface area contributed by atoms with Gasteiger partial charge in [0, 0.05) is 0 Å². The van der Waals surface area contributed by atoms with Crippen LogP contribution in [0.1, 0.15) is 22.3 Å². The minimum absolute atomic E-state index is 0.240. The summed E-state index contributed by atoms with van der Waals surface area (Å²) in [5.74, 6) is 0.477. The lowest BCUT2D eigenvalue weighted by molar-refractivity contribution is -0.123. The number of carbonyl (C=O) groups is 2. The van der Waals surface area contributed by atoms with Gasteiger partial charge in [-0.05, 0) is 87.0 Å². The van der Waals surface area contributed by atoms with Crippen LogP contribution in [0, 0.1) is 14.1 Å². The van der Waals surface area contributed by atoms with Gasteiger partial charge in [0.25, 0.3) is 5.91 Å². The van der Waals surface area contributed by atoms with Gasteiger partial charge in [-0.15, -0.1) is 0 Å². The van der Waals surface area contributed by atoms with Crippen molar-refractivity contribution in [3.63, 3.8) is 0 Å². The maximum Gasteiger partial charge on any atom is 0.329 e. The van der Waals surface area contributed by atoms with Gasteiger partial charge in [0.15, 0.2) is 0 Å². The molecule has 4 rings (SSSR count). The molecular formula is C25H20I2N2O3. The van der Waals surface area contributed by atoms with Gasteiger partial charge >= 0.3 is 6.03 Å². The molecule has 3 amide bonds. The number of carbonyl (C=O) groups excluding carboxylic acids is 2. The van der Waals surface area contributed by atoms with Crippen LogP contribution in [-0.4, -0.2) is 16.8 Å². The fourth-order valence-electron chi connectivity index (χ4n) is 3.29. The lowest BCUT2D eigenvalue weighted by Crippen LogP contribution is -2.30. The summed E-state index contributed by atoms with van der Waals surface area (Å²) in [4.78, 5) is 26.5. The Hall–Kier alpha value is -2.40. The molecule has 1 fully saturated rings. The Morgan fingerprint density at radius 3 is 2.25 bits per heavy atom. The van der Waals surface area contributed by atoms with Gasteiger partial charge in [-0.2, -0.15) is 0 Å². The summed E-state index contributed by atoms with van der Waals surface area (Å²) in [6, 6.07) is 21.3. The van der Waals surface area contributed by atoms with Crippen LogP contribution in [0.3, 0.4) is 0 Å². The van der Waals surface area contributed by atoms with E-state index in [1.165, 1.54) is 4.90 Å². The van der Waals surface area contributed by atoms with Gasteiger partial charge in [-0.25, -0.2) is 4.79 Å². The minimum atomic E-state index is -0.408. The second-order valence-corrected chi connectivity index (χ2v) is 9.78. The molecule has 0 aromatic heterocycles. The van der Waals surface area contributed by atoms with Crippen molar-refractivity contribution in [2.24, 2.45) is 0 Å². The SMILES string of the molecule is Cc1ccc(CN2C(=O)N/C(=C/c3cc(I)c(OCc4ccccc4)c(I)c3)C2=O)cc1. The summed E-state index contributed by atoms with van der Waals surface area (Å²) >= 11 is 4.46. The first-order chi connectivity index (χ1) is 15.4. The van der Waals surface area contributed by atoms with Crippen molar-refractivity contribution in [2.45, 2.75) is 20.1 Å². The van der Waals surface area contributed by atoms with E-state index in [0.29, 0.717) is 6.61 Å². The van der Waals surface area contributed by atoms with Crippen LogP contribution in [0.5, 0.6) is 5.75 Å². The first-order valence-electron chi connectivity index (χ1n) is 9.96. The second-order valence-electron chi connectivity index (χ2n) is 7.45. The molecule has 3 aromatic carbocycles. The number of hydrogen-bond acceptors (Lipinski definition) is 3. The second kappa shape index (κ2) is 10.0. The van der Waals surface area contributed by atoms with Crippen LogP contribution < -0.4 is 10.1 Å². The number of benzene rings is 3. The highest BCUT2D eigenvalue weighted by Gasteiger charge is 2.33. The van der Waals surface area contributed by atoms with Crippen LogP contribution in [0.15, 0.2) is 72.4 Å². The summed E-state index contributed by atoms with van der Waals surface area (Å²) in [5.41, 5.74) is 4.23. The molecule has 0 radical (unpaired) electrons. The van der Waals surface area contributed by atoms with Crippen LogP contribution >= 0.6 is 45.2 Å². The molecule has 0 unspecified atom stereocenters. The van der Waals surface area contributed by atoms with E-state index in [1.807, 2.05) is 73.7 Å². The van der Waals surface area contributed by atoms with Crippen LogP contribution in [0.25, 0.3) is 6.08 Å². The monoisotopic (exact) mass is 650 g/mol. The lowest BCUT2D eigenvalue weighted by Gasteiger charge is -2.12. The summed E-state index contributed by atoms with van der Waals surface area (Å²) in [6.45, 7) is 2.72. The van der Waals surface area contributed by atoms with E-state index in [4.69, 9.17) is 4.74 Å². The zero-order valence-corrected chi connectivity index (χ0v) is 21.6. The zero-order valence-electron chi connectivity index (χ0n) is 17.3. The Bertz CT molecular complexity index is 1170. The summed E-state index contributed by atoms with van der Waals surface area (Å²) in [5, 5.41) is 2.70. The average molecular weight is 650 g/mol. The topological polar surface area (TPSA) is 58.6 Å². The molecule has 0 bridgehead atoms. The molecule has 7 heteroatoms. The summed E-state index contributed by atoms with van der Waals surface area (Å²) < 4.78 is 7.90. The number of ether oxygens (including phenoxy) is 1. The van der Waals surface area contributed by atoms with Gasteiger partial charge in [0.05, 0.1) is 13.7 Å². The summed E-state index contributed by atoms with van der Waals surface area (Å²) in [7, 11) is 0. The number of nitrogens with zero attached hydrogens (tertiary/aromatic N) is 1. The molecule has 0 spiro atoms. The largest absolute Gasteiger partial charge is 0.487 e. The molecule has 1 N–H and O–H groups in total. The first kappa shape index (κ1) is 22.8. The molecule has 3 aromatic rings. The Kier molecular flexibility index (Phi) is 7.14. The number of urea groups is 1. The van der Waals surface area contributed by atoms with E-state index in [0.717, 1.165) is 35.1 Å². The molecule has 0 aliphatic carbocycles. The molecule has 0 saturated carbocycles. The molecule has 162 valence electrons. The Morgan fingerprint density at radius 2 is 1.59 bits per heavy atom. The number of hydrogen-bond donors (Lipinski definition) is 1. The molecule has 1 aliphatic rings. The minimum Gasteiger partial charge on any atom is -0.487 e. The fraction of sp³-hybridized carbons (Fsp3) is 0.120. The number of rotatable bonds is 6. The van der Waals surface area contributed by atoms with Crippen molar-refractivity contribution in [2.75, 3.05) is 0 Å². The Morgan fingerprint density at radius 1 is 0.938 bits per heavy atom. The smallest absolute Gasteiger partial charge is 0.329 e. The summed E-state index contributed by atoms with van der Waals surface area (Å²) in [6.07, 6.45) is 1.71. The zero-order chi connectivity index (χ0) is 22.7. The lowest BCUT2D eigenvalue weighted by atomic mass is 10.1. The maximum absolute atomic E-state index is 12.8. The number of aryl methyl sites for hydroxylation is 1. The van der Waals surface area contributed by atoms with Crippen LogP contribution in [0.2, 0.25) is 0 Å². The first-order valence-corrected chi connectivity index (χ1v) is 12.1. The highest BCUT2D eigenvalue weighted by Crippen LogP contribution is 2.31. The van der Waals surface area contributed by atoms with Crippen molar-refractivity contribution in [3.05, 3.63) is 102 Å². The quantitative estimate of drug-likeness (QED) is 0.206. The fourth-order valence-corrected chi connectivity index (χ4v) is 5.42. The van der Waals surface area contributed by atoms with Gasteiger partial charge in [0.2, 0.25) is 0 Å². The third kappa shape index (κ3) is 5.32. The third-order valence-corrected chi connectivity index (χ3v) is 6.58. The highest BCUT2D eigenvalue weighted by molar-refractivity contribution is 14.1. The van der Waals surface area contributed by atoms with Crippen LogP contribution in [-0.2, 0) is 17.9 Å². The molecular weight excluding hydrogens is 630 g/mol. The molecule has 32 heavy (non-hydrogen) atoms. The van der Waals surface area contributed by atoms with Crippen molar-refractivity contribution < 1.29 is 14.3 Å². The number of nitrogens with one attached hydrogen (secondary N) is 1. The third-order valence-electron chi connectivity index (χ3n) is 4.98. The van der Waals surface area contributed by atoms with E-state index in [-0.39, 0.29) is 18.1 Å². The molecule has 1 saturated heterocycles. The van der Waals surface area contributed by atoms with E-state index in [1.54, 1.807) is 6.08 Å². The maximum atomic E-state index is 12.8. The van der Waals surface area contributed by atoms with E-state index in [9.17, 15) is 9.59 Å². The van der Waals surface area contributed by atoms with Gasteiger partial charge in [0.1, 0.15) is 18.1 Å². The molecule has 5 nitrogen and oxygen atoms in total. The standard InChI is InChI=1S/C25H20I2N2O3/c1-16-7-9-17(10-8-16)14-29-24(30)22(28-25(29)31)13-19-11-20(26)23(21(27)12-19)32-15-18-5-3-2-4-6-18/h2-13H,14-15H2,1H3,(H,28,31)/b22-13+. The molecule has 1 heterocycles. The number of imide groups is 1. The van der Waals surface area contributed by atoms with Crippen molar-refractivity contribution in [3.8, 4) is 5.75 Å². The Balaban J connectivity index is 1.50.